The Hall–Kier alpha value is -2.60. The fourth-order valence-corrected chi connectivity index (χ4v) is 5.18. The van der Waals surface area contributed by atoms with Crippen LogP contribution in [0, 0.1) is 0 Å². The average Bonchev–Trinajstić information content (AvgIpc) is 3.25. The van der Waals surface area contributed by atoms with Crippen molar-refractivity contribution in [2.24, 2.45) is 0 Å². The topological polar surface area (TPSA) is 55.4 Å². The molecule has 34 heavy (non-hydrogen) atoms. The zero-order chi connectivity index (χ0) is 24.1. The van der Waals surface area contributed by atoms with Crippen molar-refractivity contribution in [2.45, 2.75) is 69.6 Å². The minimum absolute atomic E-state index is 0.0851. The number of hydrogen-bond acceptors (Lipinski definition) is 4. The molecule has 0 aliphatic carbocycles. The molecule has 1 saturated heterocycles. The fraction of sp³-hybridized carbons (Fsp3) is 0.500. The van der Waals surface area contributed by atoms with Crippen molar-refractivity contribution in [1.29, 1.82) is 0 Å². The molecule has 1 fully saturated rings. The van der Waals surface area contributed by atoms with Gasteiger partial charge in [0.25, 0.3) is 0 Å². The molecule has 2 aromatic carbocycles. The number of ketones is 2. The number of benzene rings is 2. The zero-order valence-electron chi connectivity index (χ0n) is 19.7. The van der Waals surface area contributed by atoms with Crippen LogP contribution in [0.5, 0.6) is 5.75 Å². The van der Waals surface area contributed by atoms with Gasteiger partial charge in [-0.3, -0.25) is 9.59 Å². The van der Waals surface area contributed by atoms with Crippen molar-refractivity contribution in [1.82, 2.24) is 5.32 Å². The summed E-state index contributed by atoms with van der Waals surface area (Å²) in [7, 11) is 0. The Morgan fingerprint density at radius 1 is 1.15 bits per heavy atom. The van der Waals surface area contributed by atoms with Gasteiger partial charge >= 0.3 is 0 Å². The van der Waals surface area contributed by atoms with Gasteiger partial charge in [-0.25, -0.2) is 8.78 Å². The summed E-state index contributed by atoms with van der Waals surface area (Å²) >= 11 is 0. The maximum Gasteiger partial charge on any atom is 0.166 e. The zero-order valence-corrected chi connectivity index (χ0v) is 19.7. The number of Topliss-reactive ketones (excluding diaryl/α,β-unsaturated/α-hetero) is 2. The third-order valence-electron chi connectivity index (χ3n) is 7.05. The van der Waals surface area contributed by atoms with Gasteiger partial charge in [-0.2, -0.15) is 0 Å². The predicted molar refractivity (Wildman–Crippen MR) is 128 cm³/mol. The van der Waals surface area contributed by atoms with Crippen molar-refractivity contribution in [2.75, 3.05) is 19.8 Å². The highest BCUT2D eigenvalue weighted by molar-refractivity contribution is 6.04. The van der Waals surface area contributed by atoms with E-state index < -0.39 is 18.4 Å². The van der Waals surface area contributed by atoms with E-state index in [2.05, 4.69) is 5.32 Å². The number of unbranched alkanes of at least 4 members (excludes halogenated alkanes) is 1. The Labute approximate surface area is 200 Å². The second-order valence-electron chi connectivity index (χ2n) is 9.48. The second kappa shape index (κ2) is 10.8. The first-order chi connectivity index (χ1) is 16.5. The van der Waals surface area contributed by atoms with Crippen LogP contribution in [0.25, 0.3) is 0 Å². The maximum absolute atomic E-state index is 14.8. The Bertz CT molecular complexity index is 1020. The molecule has 0 aromatic heterocycles. The summed E-state index contributed by atoms with van der Waals surface area (Å²) in [6, 6.07) is 12.8. The molecule has 0 amide bonds. The van der Waals surface area contributed by atoms with E-state index >= 15 is 0 Å². The van der Waals surface area contributed by atoms with Gasteiger partial charge in [0.1, 0.15) is 24.2 Å². The molecular weight excluding hydrogens is 436 g/mol. The number of nitrogens with one attached hydrogen (secondary N) is 1. The molecule has 0 radical (unpaired) electrons. The van der Waals surface area contributed by atoms with Crippen LogP contribution >= 0.6 is 0 Å². The highest BCUT2D eigenvalue weighted by Crippen LogP contribution is 2.45. The number of carbonyl (C=O) groups excluding carboxylic acids is 2. The van der Waals surface area contributed by atoms with E-state index in [1.165, 1.54) is 0 Å². The Morgan fingerprint density at radius 2 is 1.94 bits per heavy atom. The molecule has 2 aliphatic rings. The van der Waals surface area contributed by atoms with E-state index in [0.29, 0.717) is 54.7 Å². The van der Waals surface area contributed by atoms with Crippen molar-refractivity contribution in [3.63, 3.8) is 0 Å². The lowest BCUT2D eigenvalue weighted by molar-refractivity contribution is 0.0952. The van der Waals surface area contributed by atoms with Gasteiger partial charge in [-0.1, -0.05) is 37.3 Å². The van der Waals surface area contributed by atoms with Crippen molar-refractivity contribution in [3.05, 3.63) is 64.7 Å². The normalized spacial score (nSPS) is 23.9. The van der Waals surface area contributed by atoms with E-state index in [1.54, 1.807) is 19.1 Å². The standard InChI is InChI=1S/C28H33F2NO3/c1-2-23(32)21-15-20(24(33)11-6-7-12-28(30)13-8-14-31-18-28)16-22-26(19-9-4-3-5-10-19)25(17-29)34-27(21)22/h3-5,9-10,15-16,25-26,31H,2,6-8,11-14,17-18H2,1H3/t25-,26+,28+/m1/s1. The number of halogens is 2. The monoisotopic (exact) mass is 469 g/mol. The van der Waals surface area contributed by atoms with Gasteiger partial charge in [0.05, 0.1) is 11.5 Å². The summed E-state index contributed by atoms with van der Waals surface area (Å²) in [5.41, 5.74) is 1.17. The molecule has 2 aliphatic heterocycles. The summed E-state index contributed by atoms with van der Waals surface area (Å²) in [6.45, 7) is 2.30. The number of hydrogen-bond donors (Lipinski definition) is 1. The Morgan fingerprint density at radius 3 is 2.62 bits per heavy atom. The van der Waals surface area contributed by atoms with Crippen LogP contribution in [0.1, 0.15) is 89.6 Å². The van der Waals surface area contributed by atoms with Crippen molar-refractivity contribution in [3.8, 4) is 5.75 Å². The van der Waals surface area contributed by atoms with Gasteiger partial charge in [-0.05, 0) is 56.3 Å². The van der Waals surface area contributed by atoms with Crippen LogP contribution in [0.2, 0.25) is 0 Å². The van der Waals surface area contributed by atoms with Gasteiger partial charge in [-0.15, -0.1) is 0 Å². The number of alkyl halides is 2. The highest BCUT2D eigenvalue weighted by atomic mass is 19.1. The molecule has 6 heteroatoms. The van der Waals surface area contributed by atoms with E-state index in [9.17, 15) is 18.4 Å². The molecule has 2 heterocycles. The summed E-state index contributed by atoms with van der Waals surface area (Å²) in [4.78, 5) is 25.8. The molecule has 4 rings (SSSR count). The smallest absolute Gasteiger partial charge is 0.166 e. The first-order valence-electron chi connectivity index (χ1n) is 12.4. The first kappa shape index (κ1) is 24.5. The van der Waals surface area contributed by atoms with Crippen molar-refractivity contribution < 1.29 is 23.1 Å². The second-order valence-corrected chi connectivity index (χ2v) is 9.48. The summed E-state index contributed by atoms with van der Waals surface area (Å²) in [5.74, 6) is -0.217. The maximum atomic E-state index is 14.8. The van der Waals surface area contributed by atoms with Crippen molar-refractivity contribution >= 4 is 11.6 Å². The third-order valence-corrected chi connectivity index (χ3v) is 7.05. The largest absolute Gasteiger partial charge is 0.486 e. The molecule has 2 aromatic rings. The van der Waals surface area contributed by atoms with Crippen LogP contribution in [0.3, 0.4) is 0 Å². The van der Waals surface area contributed by atoms with Crippen LogP contribution in [-0.2, 0) is 0 Å². The number of fused-ring (bicyclic) bond motifs is 1. The first-order valence-corrected chi connectivity index (χ1v) is 12.4. The molecule has 182 valence electrons. The summed E-state index contributed by atoms with van der Waals surface area (Å²) in [6.07, 6.45) is 2.87. The predicted octanol–water partition coefficient (Wildman–Crippen LogP) is 5.98. The molecular formula is C28H33F2NO3. The molecule has 3 atom stereocenters. The molecule has 0 spiro atoms. The number of carbonyl (C=O) groups is 2. The molecule has 4 nitrogen and oxygen atoms in total. The van der Waals surface area contributed by atoms with Gasteiger partial charge in [0.15, 0.2) is 11.6 Å². The SMILES string of the molecule is CCC(=O)c1cc(C(=O)CCCC[C@]2(F)CCCNC2)cc2c1O[C@H](CF)[C@H]2c1ccccc1. The number of rotatable bonds is 10. The van der Waals surface area contributed by atoms with Crippen LogP contribution < -0.4 is 10.1 Å². The molecule has 0 bridgehead atoms. The lowest BCUT2D eigenvalue weighted by atomic mass is 9.85. The van der Waals surface area contributed by atoms with Gasteiger partial charge in [0.2, 0.25) is 0 Å². The van der Waals surface area contributed by atoms with E-state index in [-0.39, 0.29) is 30.3 Å². The fourth-order valence-electron chi connectivity index (χ4n) is 5.18. The Balaban J connectivity index is 1.55. The van der Waals surface area contributed by atoms with Crippen LogP contribution in [0.15, 0.2) is 42.5 Å². The number of piperidine rings is 1. The lowest BCUT2D eigenvalue weighted by Gasteiger charge is -2.30. The average molecular weight is 470 g/mol. The minimum atomic E-state index is -1.18. The van der Waals surface area contributed by atoms with Crippen LogP contribution in [0.4, 0.5) is 8.78 Å². The molecule has 0 unspecified atom stereocenters. The molecule has 0 saturated carbocycles. The van der Waals surface area contributed by atoms with Gasteiger partial charge < -0.3 is 10.1 Å². The van der Waals surface area contributed by atoms with E-state index in [1.807, 2.05) is 30.3 Å². The summed E-state index contributed by atoms with van der Waals surface area (Å²) in [5, 5.41) is 3.11. The molecule has 1 N–H and O–H groups in total. The lowest BCUT2D eigenvalue weighted by Crippen LogP contribution is -2.42. The van der Waals surface area contributed by atoms with Crippen LogP contribution in [-0.4, -0.2) is 43.1 Å². The highest BCUT2D eigenvalue weighted by Gasteiger charge is 2.39. The quantitative estimate of drug-likeness (QED) is 0.344. The Kier molecular flexibility index (Phi) is 7.77. The number of ether oxygens (including phenoxy) is 1. The summed E-state index contributed by atoms with van der Waals surface area (Å²) < 4.78 is 34.7. The van der Waals surface area contributed by atoms with Gasteiger partial charge in [0, 0.05) is 30.5 Å². The third kappa shape index (κ3) is 5.22. The minimum Gasteiger partial charge on any atom is -0.486 e. The van der Waals surface area contributed by atoms with E-state index in [0.717, 1.165) is 18.5 Å². The van der Waals surface area contributed by atoms with E-state index in [4.69, 9.17) is 4.74 Å².